The summed E-state index contributed by atoms with van der Waals surface area (Å²) >= 11 is 0. The van der Waals surface area contributed by atoms with Crippen LogP contribution in [0.5, 0.6) is 0 Å². The average Bonchev–Trinajstić information content (AvgIpc) is 2.90. The minimum atomic E-state index is 0.185. The van der Waals surface area contributed by atoms with E-state index in [9.17, 15) is 14.4 Å². The van der Waals surface area contributed by atoms with Crippen LogP contribution in [0.2, 0.25) is 0 Å². The third-order valence-corrected chi connectivity index (χ3v) is 2.74. The van der Waals surface area contributed by atoms with Gasteiger partial charge in [0.2, 0.25) is 11.8 Å². The molecule has 0 spiro atoms. The van der Waals surface area contributed by atoms with Crippen molar-refractivity contribution in [2.45, 2.75) is 44.9 Å². The molecule has 3 fully saturated rings. The molecule has 2 aliphatic heterocycles. The summed E-state index contributed by atoms with van der Waals surface area (Å²) in [6.45, 7) is 1.78. The number of β-lactam (4-membered cyclic amide) rings is 1. The zero-order chi connectivity index (χ0) is 12.5. The van der Waals surface area contributed by atoms with Crippen molar-refractivity contribution in [2.24, 2.45) is 0 Å². The van der Waals surface area contributed by atoms with E-state index in [1.807, 2.05) is 0 Å². The van der Waals surface area contributed by atoms with Crippen molar-refractivity contribution in [3.05, 3.63) is 0 Å². The van der Waals surface area contributed by atoms with E-state index in [-0.39, 0.29) is 11.8 Å². The number of Topliss-reactive ketones (excluding diaryl/α,β-unsaturated/α-hetero) is 1. The van der Waals surface area contributed by atoms with E-state index in [4.69, 9.17) is 0 Å². The van der Waals surface area contributed by atoms with Gasteiger partial charge in [0.25, 0.3) is 0 Å². The van der Waals surface area contributed by atoms with E-state index < -0.39 is 0 Å². The Morgan fingerprint density at radius 2 is 1.18 bits per heavy atom. The molecular weight excluding hydrogens is 220 g/mol. The Morgan fingerprint density at radius 3 is 1.29 bits per heavy atom. The van der Waals surface area contributed by atoms with E-state index in [0.717, 1.165) is 58.0 Å². The van der Waals surface area contributed by atoms with Crippen LogP contribution >= 0.6 is 0 Å². The maximum atomic E-state index is 10.2. The lowest BCUT2D eigenvalue weighted by atomic mass is 10.3. The molecule has 0 unspecified atom stereocenters. The summed E-state index contributed by atoms with van der Waals surface area (Å²) in [5, 5.41) is 5.25. The summed E-state index contributed by atoms with van der Waals surface area (Å²) < 4.78 is 0. The molecule has 2 heterocycles. The molecule has 17 heavy (non-hydrogen) atoms. The summed E-state index contributed by atoms with van der Waals surface area (Å²) in [6, 6.07) is 0. The van der Waals surface area contributed by atoms with Crippen LogP contribution < -0.4 is 10.6 Å². The van der Waals surface area contributed by atoms with Gasteiger partial charge in [0.15, 0.2) is 0 Å². The Bertz CT molecular complexity index is 247. The van der Waals surface area contributed by atoms with Crippen LogP contribution in [0.15, 0.2) is 0 Å². The van der Waals surface area contributed by atoms with Crippen LogP contribution in [0, 0.1) is 0 Å². The molecular formula is C12H20N2O3. The lowest BCUT2D eigenvalue weighted by Gasteiger charge is -2.10. The monoisotopic (exact) mass is 240 g/mol. The molecule has 0 aromatic carbocycles. The second-order valence-electron chi connectivity index (χ2n) is 4.30. The standard InChI is InChI=1S/C5H8O.C4H7NO.C3H5NO/c6-5-3-1-2-4-5;6-4-2-1-3-5-4;5-3-1-2-4-3/h1-4H2;1-3H2,(H,5,6);1-2H2,(H,4,5). The number of amides is 2. The normalized spacial score (nSPS) is 21.3. The first-order valence-corrected chi connectivity index (χ1v) is 6.23. The highest BCUT2D eigenvalue weighted by Crippen LogP contribution is 2.11. The molecule has 0 aromatic heterocycles. The maximum absolute atomic E-state index is 10.2. The van der Waals surface area contributed by atoms with E-state index >= 15 is 0 Å². The van der Waals surface area contributed by atoms with Gasteiger partial charge in [0.05, 0.1) is 0 Å². The van der Waals surface area contributed by atoms with Gasteiger partial charge in [-0.2, -0.15) is 0 Å². The molecule has 3 aliphatic rings. The molecule has 3 rings (SSSR count). The molecule has 2 amide bonds. The Hall–Kier alpha value is -1.39. The predicted molar refractivity (Wildman–Crippen MR) is 63.3 cm³/mol. The highest BCUT2D eigenvalue weighted by molar-refractivity contribution is 5.81. The molecule has 2 N–H and O–H groups in total. The molecule has 0 bridgehead atoms. The van der Waals surface area contributed by atoms with Gasteiger partial charge in [-0.3, -0.25) is 14.4 Å². The Kier molecular flexibility index (Phi) is 6.29. The number of ketones is 1. The zero-order valence-electron chi connectivity index (χ0n) is 10.1. The highest BCUT2D eigenvalue weighted by Gasteiger charge is 2.08. The number of rotatable bonds is 0. The zero-order valence-corrected chi connectivity index (χ0v) is 10.1. The van der Waals surface area contributed by atoms with Crippen LogP contribution in [-0.4, -0.2) is 30.7 Å². The van der Waals surface area contributed by atoms with Gasteiger partial charge in [-0.1, -0.05) is 0 Å². The second-order valence-corrected chi connectivity index (χ2v) is 4.30. The van der Waals surface area contributed by atoms with Crippen molar-refractivity contribution in [1.29, 1.82) is 0 Å². The molecule has 0 aromatic rings. The maximum Gasteiger partial charge on any atom is 0.221 e. The van der Waals surface area contributed by atoms with Crippen LogP contribution in [-0.2, 0) is 14.4 Å². The summed E-state index contributed by atoms with van der Waals surface area (Å²) in [5.41, 5.74) is 0. The summed E-state index contributed by atoms with van der Waals surface area (Å²) in [6.07, 6.45) is 6.47. The van der Waals surface area contributed by atoms with Crippen molar-refractivity contribution < 1.29 is 14.4 Å². The first-order chi connectivity index (χ1) is 8.18. The van der Waals surface area contributed by atoms with Crippen LogP contribution in [0.3, 0.4) is 0 Å². The third-order valence-electron chi connectivity index (χ3n) is 2.74. The topological polar surface area (TPSA) is 75.3 Å². The Morgan fingerprint density at radius 1 is 0.647 bits per heavy atom. The van der Waals surface area contributed by atoms with E-state index in [2.05, 4.69) is 10.6 Å². The van der Waals surface area contributed by atoms with Gasteiger partial charge in [0, 0.05) is 38.8 Å². The molecule has 0 atom stereocenters. The lowest BCUT2D eigenvalue weighted by Crippen LogP contribution is -2.37. The van der Waals surface area contributed by atoms with Gasteiger partial charge in [-0.05, 0) is 19.3 Å². The number of hydrogen-bond acceptors (Lipinski definition) is 3. The van der Waals surface area contributed by atoms with Crippen LogP contribution in [0.25, 0.3) is 0 Å². The summed E-state index contributed by atoms with van der Waals surface area (Å²) in [7, 11) is 0. The fourth-order valence-corrected chi connectivity index (χ4v) is 1.56. The third kappa shape index (κ3) is 6.71. The highest BCUT2D eigenvalue weighted by atomic mass is 16.2. The quantitative estimate of drug-likeness (QED) is 0.606. The van der Waals surface area contributed by atoms with E-state index in [0.29, 0.717) is 5.78 Å². The van der Waals surface area contributed by atoms with E-state index in [1.165, 1.54) is 0 Å². The fourth-order valence-electron chi connectivity index (χ4n) is 1.56. The van der Waals surface area contributed by atoms with Gasteiger partial charge in [-0.15, -0.1) is 0 Å². The minimum absolute atomic E-state index is 0.185. The minimum Gasteiger partial charge on any atom is -0.356 e. The predicted octanol–water partition coefficient (Wildman–Crippen LogP) is 0.532. The smallest absolute Gasteiger partial charge is 0.221 e. The molecule has 1 aliphatic carbocycles. The average molecular weight is 240 g/mol. The number of carbonyl (C=O) groups excluding carboxylic acids is 3. The first kappa shape index (κ1) is 13.7. The fraction of sp³-hybridized carbons (Fsp3) is 0.750. The molecule has 0 radical (unpaired) electrons. The van der Waals surface area contributed by atoms with Gasteiger partial charge in [0.1, 0.15) is 5.78 Å². The van der Waals surface area contributed by atoms with Gasteiger partial charge >= 0.3 is 0 Å². The Labute approximate surface area is 101 Å². The number of nitrogens with one attached hydrogen (secondary N) is 2. The molecule has 96 valence electrons. The summed E-state index contributed by atoms with van der Waals surface area (Å²) in [4.78, 5) is 30.2. The molecule has 5 nitrogen and oxygen atoms in total. The van der Waals surface area contributed by atoms with Crippen molar-refractivity contribution in [3.63, 3.8) is 0 Å². The molecule has 2 saturated heterocycles. The number of hydrogen-bond donors (Lipinski definition) is 2. The van der Waals surface area contributed by atoms with Crippen LogP contribution in [0.4, 0.5) is 0 Å². The Balaban J connectivity index is 0.000000128. The largest absolute Gasteiger partial charge is 0.356 e. The first-order valence-electron chi connectivity index (χ1n) is 6.23. The summed E-state index contributed by atoms with van der Waals surface area (Å²) in [5.74, 6) is 0.843. The molecule has 1 saturated carbocycles. The van der Waals surface area contributed by atoms with E-state index in [1.54, 1.807) is 0 Å². The van der Waals surface area contributed by atoms with Crippen molar-refractivity contribution in [3.8, 4) is 0 Å². The molecule has 5 heteroatoms. The van der Waals surface area contributed by atoms with Gasteiger partial charge in [-0.25, -0.2) is 0 Å². The van der Waals surface area contributed by atoms with Crippen molar-refractivity contribution >= 4 is 17.6 Å². The second kappa shape index (κ2) is 7.81. The number of carbonyl (C=O) groups is 3. The van der Waals surface area contributed by atoms with Crippen molar-refractivity contribution in [2.75, 3.05) is 13.1 Å². The van der Waals surface area contributed by atoms with Crippen LogP contribution in [0.1, 0.15) is 44.9 Å². The van der Waals surface area contributed by atoms with Gasteiger partial charge < -0.3 is 10.6 Å². The lowest BCUT2D eigenvalue weighted by molar-refractivity contribution is -0.125. The van der Waals surface area contributed by atoms with Crippen molar-refractivity contribution in [1.82, 2.24) is 10.6 Å². The SMILES string of the molecule is O=C1CCCC1.O=C1CCCN1.O=C1CCN1.